The quantitative estimate of drug-likeness (QED) is 0.364. The van der Waals surface area contributed by atoms with Gasteiger partial charge < -0.3 is 14.9 Å². The first-order chi connectivity index (χ1) is 12.7. The van der Waals surface area contributed by atoms with E-state index in [0.717, 1.165) is 21.1 Å². The highest BCUT2D eigenvalue weighted by atomic mass is 79.9. The van der Waals surface area contributed by atoms with Gasteiger partial charge in [0.05, 0.1) is 11.2 Å². The molecule has 0 fully saturated rings. The van der Waals surface area contributed by atoms with Crippen molar-refractivity contribution in [1.82, 2.24) is 10.3 Å². The van der Waals surface area contributed by atoms with Crippen LogP contribution in [0.1, 0.15) is 27.2 Å². The molecule has 146 valence electrons. The highest BCUT2D eigenvalue weighted by Gasteiger charge is 2.27. The predicted octanol–water partition coefficient (Wildman–Crippen LogP) is 4.37. The Morgan fingerprint density at radius 1 is 1.41 bits per heavy atom. The summed E-state index contributed by atoms with van der Waals surface area (Å²) in [6.07, 6.45) is 4.16. The minimum atomic E-state index is -0.665. The van der Waals surface area contributed by atoms with Crippen LogP contribution in [0.5, 0.6) is 5.75 Å². The average Bonchev–Trinajstić information content (AvgIpc) is 2.58. The molecule has 0 bridgehead atoms. The summed E-state index contributed by atoms with van der Waals surface area (Å²) >= 11 is 4.76. The number of rotatable bonds is 8. The number of aromatic nitrogens is 1. The Morgan fingerprint density at radius 3 is 2.81 bits per heavy atom. The Kier molecular flexibility index (Phi) is 7.49. The fourth-order valence-corrected chi connectivity index (χ4v) is 3.58. The van der Waals surface area contributed by atoms with Gasteiger partial charge in [0.25, 0.3) is 5.91 Å². The second-order valence-corrected chi connectivity index (χ2v) is 8.57. The second-order valence-electron chi connectivity index (χ2n) is 6.75. The van der Waals surface area contributed by atoms with E-state index in [2.05, 4.69) is 31.4 Å². The van der Waals surface area contributed by atoms with Gasteiger partial charge in [-0.25, -0.2) is 0 Å². The number of amides is 1. The largest absolute Gasteiger partial charge is 0.470 e. The highest BCUT2D eigenvalue weighted by Crippen LogP contribution is 2.25. The summed E-state index contributed by atoms with van der Waals surface area (Å²) in [5.41, 5.74) is 0.530. The molecule has 0 saturated heterocycles. The fourth-order valence-electron chi connectivity index (χ4n) is 2.75. The molecule has 0 saturated carbocycles. The number of fused-ring (bicyclic) bond motifs is 1. The molecule has 1 aromatic heterocycles. The molecule has 27 heavy (non-hydrogen) atoms. The Labute approximate surface area is 172 Å². The number of halogens is 1. The van der Waals surface area contributed by atoms with Crippen molar-refractivity contribution >= 4 is 50.2 Å². The number of nitrogens with zero attached hydrogens (tertiary/aromatic N) is 2. The summed E-state index contributed by atoms with van der Waals surface area (Å²) in [5.74, 6) is 0.428. The van der Waals surface area contributed by atoms with E-state index in [1.54, 1.807) is 6.20 Å². The first kappa shape index (κ1) is 21.5. The molecule has 0 aliphatic heterocycles. The Morgan fingerprint density at radius 2 is 2.15 bits per heavy atom. The number of pyridine rings is 1. The van der Waals surface area contributed by atoms with Gasteiger partial charge in [0.1, 0.15) is 12.9 Å². The van der Waals surface area contributed by atoms with E-state index in [0.29, 0.717) is 12.2 Å². The maximum atomic E-state index is 12.7. The highest BCUT2D eigenvalue weighted by molar-refractivity contribution is 9.10. The van der Waals surface area contributed by atoms with Crippen molar-refractivity contribution in [3.05, 3.63) is 34.9 Å². The molecule has 1 atom stereocenters. The van der Waals surface area contributed by atoms with Crippen molar-refractivity contribution < 1.29 is 14.4 Å². The van der Waals surface area contributed by atoms with Crippen LogP contribution in [0.4, 0.5) is 0 Å². The number of carbonyl (C=O) groups is 1. The van der Waals surface area contributed by atoms with Gasteiger partial charge in [0.15, 0.2) is 0 Å². The number of carbonyl (C=O) groups excluding carboxylic acids is 1. The van der Waals surface area contributed by atoms with Crippen molar-refractivity contribution in [3.63, 3.8) is 0 Å². The molecule has 1 aromatic carbocycles. The molecular formula is C19H24BrN3O3S. The number of nitrogens with one attached hydrogen (secondary N) is 1. The lowest BCUT2D eigenvalue weighted by Crippen LogP contribution is -2.49. The average molecular weight is 454 g/mol. The lowest BCUT2D eigenvalue weighted by atomic mass is 9.98. The van der Waals surface area contributed by atoms with Gasteiger partial charge in [-0.3, -0.25) is 9.78 Å². The summed E-state index contributed by atoms with van der Waals surface area (Å²) in [4.78, 5) is 21.8. The van der Waals surface area contributed by atoms with Crippen molar-refractivity contribution in [2.24, 2.45) is 5.16 Å². The SMILES string of the molecule is CO/N=C(/C)CC(C)(C)NC(=O)C(Oc1ccc2ncc(Br)cc2c1)SC. The van der Waals surface area contributed by atoms with Crippen LogP contribution in [-0.4, -0.2) is 40.9 Å². The zero-order chi connectivity index (χ0) is 20.0. The third kappa shape index (κ3) is 6.39. The van der Waals surface area contributed by atoms with Crippen molar-refractivity contribution in [1.29, 1.82) is 0 Å². The Bertz CT molecular complexity index is 842. The molecule has 0 aliphatic carbocycles. The third-order valence-corrected chi connectivity index (χ3v) is 4.87. The Balaban J connectivity index is 2.09. The Hall–Kier alpha value is -1.80. The first-order valence-corrected chi connectivity index (χ1v) is 10.5. The molecule has 1 N–H and O–H groups in total. The van der Waals surface area contributed by atoms with Gasteiger partial charge in [0, 0.05) is 28.0 Å². The molecule has 1 heterocycles. The molecule has 1 unspecified atom stereocenters. The molecule has 2 aromatic rings. The minimum Gasteiger partial charge on any atom is -0.470 e. The standard InChI is InChI=1S/C19H24BrN3O3S/c1-12(23-25-4)10-19(2,3)22-17(24)18(27-5)26-15-6-7-16-13(9-15)8-14(20)11-21-16/h6-9,11,18H,10H2,1-5H3,(H,22,24)/b23-12-. The van der Waals surface area contributed by atoms with E-state index < -0.39 is 11.0 Å². The molecular weight excluding hydrogens is 430 g/mol. The van der Waals surface area contributed by atoms with Crippen molar-refractivity contribution in [2.45, 2.75) is 38.2 Å². The summed E-state index contributed by atoms with van der Waals surface area (Å²) in [6, 6.07) is 7.54. The first-order valence-electron chi connectivity index (χ1n) is 8.37. The van der Waals surface area contributed by atoms with Gasteiger partial charge in [-0.15, -0.1) is 11.8 Å². The van der Waals surface area contributed by atoms with E-state index in [-0.39, 0.29) is 5.91 Å². The minimum absolute atomic E-state index is 0.190. The van der Waals surface area contributed by atoms with Crippen LogP contribution in [0, 0.1) is 0 Å². The fraction of sp³-hybridized carbons (Fsp3) is 0.421. The van der Waals surface area contributed by atoms with Gasteiger partial charge in [0.2, 0.25) is 5.44 Å². The number of benzene rings is 1. The van der Waals surface area contributed by atoms with Crippen LogP contribution in [0.3, 0.4) is 0 Å². The molecule has 8 heteroatoms. The zero-order valence-corrected chi connectivity index (χ0v) is 18.5. The summed E-state index contributed by atoms with van der Waals surface area (Å²) in [7, 11) is 1.50. The molecule has 2 rings (SSSR count). The normalized spacial score (nSPS) is 13.3. The van der Waals surface area contributed by atoms with Crippen molar-refractivity contribution in [3.8, 4) is 5.75 Å². The van der Waals surface area contributed by atoms with E-state index in [1.165, 1.54) is 18.9 Å². The number of hydrogen-bond donors (Lipinski definition) is 1. The number of thioether (sulfide) groups is 1. The molecule has 0 radical (unpaired) electrons. The maximum Gasteiger partial charge on any atom is 0.272 e. The monoisotopic (exact) mass is 453 g/mol. The van der Waals surface area contributed by atoms with Crippen molar-refractivity contribution in [2.75, 3.05) is 13.4 Å². The molecule has 6 nitrogen and oxygen atoms in total. The summed E-state index contributed by atoms with van der Waals surface area (Å²) < 4.78 is 6.81. The van der Waals surface area contributed by atoms with E-state index in [1.807, 2.05) is 51.3 Å². The van der Waals surface area contributed by atoms with Crippen LogP contribution in [0.15, 0.2) is 40.1 Å². The van der Waals surface area contributed by atoms with E-state index >= 15 is 0 Å². The molecule has 0 spiro atoms. The number of ether oxygens (including phenoxy) is 1. The van der Waals surface area contributed by atoms with Gasteiger partial charge in [-0.1, -0.05) is 5.16 Å². The van der Waals surface area contributed by atoms with Gasteiger partial charge in [-0.2, -0.15) is 0 Å². The molecule has 1 amide bonds. The lowest BCUT2D eigenvalue weighted by molar-refractivity contribution is -0.126. The van der Waals surface area contributed by atoms with Gasteiger partial charge >= 0.3 is 0 Å². The lowest BCUT2D eigenvalue weighted by Gasteiger charge is -2.28. The van der Waals surface area contributed by atoms with Crippen LogP contribution >= 0.6 is 27.7 Å². The maximum absolute atomic E-state index is 12.7. The predicted molar refractivity (Wildman–Crippen MR) is 114 cm³/mol. The van der Waals surface area contributed by atoms with Crippen LogP contribution in [0.25, 0.3) is 10.9 Å². The van der Waals surface area contributed by atoms with Crippen LogP contribution in [0.2, 0.25) is 0 Å². The summed E-state index contributed by atoms with van der Waals surface area (Å²) in [5, 5.41) is 7.87. The van der Waals surface area contributed by atoms with Crippen LogP contribution < -0.4 is 10.1 Å². The molecule has 0 aliphatic rings. The van der Waals surface area contributed by atoms with E-state index in [4.69, 9.17) is 9.57 Å². The summed E-state index contributed by atoms with van der Waals surface area (Å²) in [6.45, 7) is 5.74. The smallest absolute Gasteiger partial charge is 0.272 e. The zero-order valence-electron chi connectivity index (χ0n) is 16.1. The second kappa shape index (κ2) is 9.41. The third-order valence-electron chi connectivity index (χ3n) is 3.70. The van der Waals surface area contributed by atoms with Crippen LogP contribution in [-0.2, 0) is 9.63 Å². The number of hydrogen-bond acceptors (Lipinski definition) is 6. The van der Waals surface area contributed by atoms with Gasteiger partial charge in [-0.05, 0) is 67.2 Å². The number of oxime groups is 1. The topological polar surface area (TPSA) is 72.8 Å². The van der Waals surface area contributed by atoms with E-state index in [9.17, 15) is 4.79 Å².